The molecule has 4 aromatic rings. The number of nitrogens with two attached hydrogens (primary N) is 2. The Labute approximate surface area is 298 Å². The van der Waals surface area contributed by atoms with Crippen molar-refractivity contribution in [2.24, 2.45) is 16.5 Å². The standard InChI is InChI=1S/C34H38N8O7S2/c35-34(36)38-17-7-12-27(30(43)33-37-18-19-50-33)39-31(44)28(20-24-13-15-26(16-14-24)42(46)47)40-32(45)29(21-23-8-3-1-4-9-23)41-51(48,49)22-25-10-5-2-6-11-25/h1-6,8-11,13-16,18-19,27-29,41H,7,12,17,20-22H2,(H,39,44)(H,40,45)(H4,35,36,38). The molecule has 3 aromatic carbocycles. The van der Waals surface area contributed by atoms with Crippen molar-refractivity contribution in [1.29, 1.82) is 0 Å². The number of nitro benzene ring substituents is 1. The van der Waals surface area contributed by atoms with E-state index in [-0.39, 0.29) is 48.2 Å². The SMILES string of the molecule is NC(N)=NCCCC(NC(=O)C(Cc1ccc([N+](=O)[O-])cc1)NC(=O)C(Cc1ccccc1)NS(=O)(=O)Cc1ccccc1)C(=O)c1nccs1. The topological polar surface area (TPSA) is 242 Å². The minimum Gasteiger partial charge on any atom is -0.370 e. The van der Waals surface area contributed by atoms with Crippen LogP contribution in [0.3, 0.4) is 0 Å². The number of nitrogens with zero attached hydrogens (tertiary/aromatic N) is 3. The van der Waals surface area contributed by atoms with Crippen LogP contribution in [0.4, 0.5) is 5.69 Å². The highest BCUT2D eigenvalue weighted by molar-refractivity contribution is 7.88. The Kier molecular flexibility index (Phi) is 13.9. The van der Waals surface area contributed by atoms with Gasteiger partial charge in [0.05, 0.1) is 16.7 Å². The second-order valence-corrected chi connectivity index (χ2v) is 14.2. The van der Waals surface area contributed by atoms with Gasteiger partial charge >= 0.3 is 0 Å². The van der Waals surface area contributed by atoms with Gasteiger partial charge in [0, 0.05) is 36.7 Å². The summed E-state index contributed by atoms with van der Waals surface area (Å²) < 4.78 is 29.1. The zero-order valence-electron chi connectivity index (χ0n) is 27.4. The molecule has 0 aliphatic rings. The smallest absolute Gasteiger partial charge is 0.269 e. The van der Waals surface area contributed by atoms with Crippen molar-refractivity contribution in [3.05, 3.63) is 128 Å². The number of aliphatic imine (C=N–C) groups is 1. The summed E-state index contributed by atoms with van der Waals surface area (Å²) in [7, 11) is -4.06. The lowest BCUT2D eigenvalue weighted by atomic mass is 10.0. The maximum Gasteiger partial charge on any atom is 0.269 e. The molecule has 0 saturated carbocycles. The Balaban J connectivity index is 1.62. The number of thiazole rings is 1. The predicted octanol–water partition coefficient (Wildman–Crippen LogP) is 2.23. The number of guanidine groups is 1. The predicted molar refractivity (Wildman–Crippen MR) is 193 cm³/mol. The summed E-state index contributed by atoms with van der Waals surface area (Å²) in [4.78, 5) is 60.1. The normalized spacial score (nSPS) is 12.9. The van der Waals surface area contributed by atoms with E-state index in [2.05, 4.69) is 25.3 Å². The van der Waals surface area contributed by atoms with Gasteiger partial charge in [-0.1, -0.05) is 72.8 Å². The third kappa shape index (κ3) is 12.4. The molecular formula is C34H38N8O7S2. The molecule has 4 rings (SSSR count). The molecule has 0 radical (unpaired) electrons. The van der Waals surface area contributed by atoms with E-state index in [9.17, 15) is 32.9 Å². The van der Waals surface area contributed by atoms with Gasteiger partial charge in [0.25, 0.3) is 5.69 Å². The van der Waals surface area contributed by atoms with Gasteiger partial charge in [-0.2, -0.15) is 0 Å². The minimum absolute atomic E-state index is 0.0392. The summed E-state index contributed by atoms with van der Waals surface area (Å²) in [5, 5.41) is 18.4. The lowest BCUT2D eigenvalue weighted by Crippen LogP contribution is -2.57. The van der Waals surface area contributed by atoms with Crippen molar-refractivity contribution in [1.82, 2.24) is 20.3 Å². The van der Waals surface area contributed by atoms with Crippen LogP contribution >= 0.6 is 11.3 Å². The van der Waals surface area contributed by atoms with E-state index in [1.165, 1.54) is 30.5 Å². The average Bonchev–Trinajstić information content (AvgIpc) is 3.65. The first-order chi connectivity index (χ1) is 24.4. The number of carbonyl (C=O) groups excluding carboxylic acids is 3. The van der Waals surface area contributed by atoms with Crippen molar-refractivity contribution in [2.45, 2.75) is 49.6 Å². The number of aromatic nitrogens is 1. The molecule has 3 atom stereocenters. The van der Waals surface area contributed by atoms with Crippen molar-refractivity contribution < 1.29 is 27.7 Å². The molecule has 268 valence electrons. The highest BCUT2D eigenvalue weighted by atomic mass is 32.2. The monoisotopic (exact) mass is 734 g/mol. The number of hydrogen-bond acceptors (Lipinski definition) is 10. The van der Waals surface area contributed by atoms with E-state index in [0.717, 1.165) is 11.3 Å². The highest BCUT2D eigenvalue weighted by Gasteiger charge is 2.32. The zero-order chi connectivity index (χ0) is 36.8. The molecule has 2 amide bonds. The fourth-order valence-corrected chi connectivity index (χ4v) is 7.07. The van der Waals surface area contributed by atoms with Crippen LogP contribution in [0.25, 0.3) is 0 Å². The van der Waals surface area contributed by atoms with E-state index < -0.39 is 50.7 Å². The number of rotatable bonds is 19. The molecule has 1 heterocycles. The molecule has 0 aliphatic carbocycles. The summed E-state index contributed by atoms with van der Waals surface area (Å²) in [5.74, 6) is -2.52. The molecule has 3 unspecified atom stereocenters. The Morgan fingerprint density at radius 1 is 0.824 bits per heavy atom. The van der Waals surface area contributed by atoms with Crippen molar-refractivity contribution in [2.75, 3.05) is 6.54 Å². The molecule has 0 bridgehead atoms. The van der Waals surface area contributed by atoms with Crippen LogP contribution in [0.1, 0.15) is 39.3 Å². The molecule has 1 aromatic heterocycles. The summed E-state index contributed by atoms with van der Waals surface area (Å²) >= 11 is 1.10. The lowest BCUT2D eigenvalue weighted by Gasteiger charge is -2.25. The van der Waals surface area contributed by atoms with Gasteiger partial charge in [-0.05, 0) is 36.0 Å². The van der Waals surface area contributed by atoms with E-state index in [0.29, 0.717) is 23.1 Å². The van der Waals surface area contributed by atoms with E-state index >= 15 is 0 Å². The second kappa shape index (κ2) is 18.5. The van der Waals surface area contributed by atoms with Crippen LogP contribution in [0.2, 0.25) is 0 Å². The van der Waals surface area contributed by atoms with Crippen LogP contribution < -0.4 is 26.8 Å². The van der Waals surface area contributed by atoms with Crippen molar-refractivity contribution in [3.63, 3.8) is 0 Å². The number of nitro groups is 1. The number of nitrogens with one attached hydrogen (secondary N) is 3. The molecule has 0 spiro atoms. The summed E-state index contributed by atoms with van der Waals surface area (Å²) in [6, 6.07) is 18.9. The van der Waals surface area contributed by atoms with Crippen LogP contribution in [-0.2, 0) is 38.2 Å². The summed E-state index contributed by atoms with van der Waals surface area (Å²) in [5.41, 5.74) is 12.3. The van der Waals surface area contributed by atoms with Crippen LogP contribution in [-0.4, -0.2) is 66.6 Å². The van der Waals surface area contributed by atoms with Crippen molar-refractivity contribution >= 4 is 50.6 Å². The maximum absolute atomic E-state index is 14.0. The maximum atomic E-state index is 14.0. The molecule has 0 saturated heterocycles. The third-order valence-electron chi connectivity index (χ3n) is 7.56. The first kappa shape index (κ1) is 38.3. The lowest BCUT2D eigenvalue weighted by molar-refractivity contribution is -0.384. The Bertz CT molecular complexity index is 1900. The fraction of sp³-hybridized carbons (Fsp3) is 0.265. The number of Topliss-reactive ketones (excluding diaryl/α,β-unsaturated/α-hetero) is 1. The van der Waals surface area contributed by atoms with E-state index in [1.54, 1.807) is 66.0 Å². The van der Waals surface area contributed by atoms with Gasteiger partial charge in [-0.25, -0.2) is 18.1 Å². The summed E-state index contributed by atoms with van der Waals surface area (Å²) in [6.07, 6.45) is 1.73. The average molecular weight is 735 g/mol. The number of amides is 2. The molecule has 15 nitrogen and oxygen atoms in total. The quantitative estimate of drug-likeness (QED) is 0.0235. The third-order valence-corrected chi connectivity index (χ3v) is 9.71. The number of hydrogen-bond donors (Lipinski definition) is 5. The number of carbonyl (C=O) groups is 3. The molecule has 0 fully saturated rings. The van der Waals surface area contributed by atoms with Gasteiger partial charge in [-0.15, -0.1) is 11.3 Å². The number of ketones is 1. The Morgan fingerprint density at radius 3 is 1.98 bits per heavy atom. The van der Waals surface area contributed by atoms with Gasteiger partial charge in [0.15, 0.2) is 11.0 Å². The largest absolute Gasteiger partial charge is 0.370 e. The molecule has 51 heavy (non-hydrogen) atoms. The van der Waals surface area contributed by atoms with Crippen molar-refractivity contribution in [3.8, 4) is 0 Å². The minimum atomic E-state index is -4.06. The van der Waals surface area contributed by atoms with Gasteiger partial charge in [-0.3, -0.25) is 29.5 Å². The van der Waals surface area contributed by atoms with E-state index in [4.69, 9.17) is 11.5 Å². The Hall–Kier alpha value is -5.52. The molecular weight excluding hydrogens is 697 g/mol. The molecule has 7 N–H and O–H groups in total. The second-order valence-electron chi connectivity index (χ2n) is 11.5. The number of sulfonamides is 1. The Morgan fingerprint density at radius 2 is 1.39 bits per heavy atom. The molecule has 17 heteroatoms. The first-order valence-corrected chi connectivity index (χ1v) is 18.3. The highest BCUT2D eigenvalue weighted by Crippen LogP contribution is 2.16. The van der Waals surface area contributed by atoms with Gasteiger partial charge < -0.3 is 22.1 Å². The van der Waals surface area contributed by atoms with Crippen LogP contribution in [0.15, 0.2) is 101 Å². The molecule has 0 aliphatic heterocycles. The van der Waals surface area contributed by atoms with Gasteiger partial charge in [0.2, 0.25) is 27.6 Å². The first-order valence-electron chi connectivity index (χ1n) is 15.8. The number of benzene rings is 3. The van der Waals surface area contributed by atoms with Crippen LogP contribution in [0, 0.1) is 10.1 Å². The zero-order valence-corrected chi connectivity index (χ0v) is 29.0. The van der Waals surface area contributed by atoms with Gasteiger partial charge in [0.1, 0.15) is 12.1 Å². The van der Waals surface area contributed by atoms with Crippen LogP contribution in [0.5, 0.6) is 0 Å². The summed E-state index contributed by atoms with van der Waals surface area (Å²) in [6.45, 7) is 0.188. The van der Waals surface area contributed by atoms with E-state index in [1.807, 2.05) is 0 Å². The number of non-ortho nitro benzene ring substituents is 1. The fourth-order valence-electron chi connectivity index (χ4n) is 5.10.